The van der Waals surface area contributed by atoms with Gasteiger partial charge in [-0.25, -0.2) is 8.42 Å². The quantitative estimate of drug-likeness (QED) is 0.799. The number of fused-ring (bicyclic) bond motifs is 1. The van der Waals surface area contributed by atoms with E-state index in [9.17, 15) is 13.2 Å². The maximum atomic E-state index is 13.0. The van der Waals surface area contributed by atoms with Crippen molar-refractivity contribution in [2.45, 2.75) is 48.8 Å². The van der Waals surface area contributed by atoms with E-state index in [1.54, 1.807) is 24.3 Å². The second-order valence-electron chi connectivity index (χ2n) is 6.41. The van der Waals surface area contributed by atoms with E-state index in [0.717, 1.165) is 13.1 Å². The zero-order valence-corrected chi connectivity index (χ0v) is 13.3. The van der Waals surface area contributed by atoms with Crippen LogP contribution in [0.3, 0.4) is 0 Å². The average molecular weight is 307 g/mol. The Hall–Kier alpha value is -1.20. The summed E-state index contributed by atoms with van der Waals surface area (Å²) in [6, 6.07) is 7.05. The average Bonchev–Trinajstić information content (AvgIpc) is 2.46. The van der Waals surface area contributed by atoms with Crippen LogP contribution >= 0.6 is 0 Å². The molecule has 2 aliphatic rings. The summed E-state index contributed by atoms with van der Waals surface area (Å²) >= 11 is 0. The Balaban J connectivity index is 2.01. The van der Waals surface area contributed by atoms with Gasteiger partial charge in [-0.2, -0.15) is 0 Å². The molecule has 0 saturated carbocycles. The zero-order valence-electron chi connectivity index (χ0n) is 12.5. The van der Waals surface area contributed by atoms with Crippen molar-refractivity contribution in [1.82, 2.24) is 4.90 Å². The number of benzene rings is 1. The fourth-order valence-corrected chi connectivity index (χ4v) is 5.78. The van der Waals surface area contributed by atoms with Crippen LogP contribution in [0.15, 0.2) is 29.2 Å². The first kappa shape index (κ1) is 14.7. The zero-order chi connectivity index (χ0) is 15.3. The molecule has 1 saturated heterocycles. The van der Waals surface area contributed by atoms with Crippen molar-refractivity contribution in [1.29, 1.82) is 0 Å². The molecule has 1 fully saturated rings. The van der Waals surface area contributed by atoms with Crippen LogP contribution in [-0.4, -0.2) is 43.0 Å². The maximum Gasteiger partial charge on any atom is 0.185 e. The van der Waals surface area contributed by atoms with Crippen molar-refractivity contribution in [3.05, 3.63) is 29.8 Å². The van der Waals surface area contributed by atoms with Gasteiger partial charge in [0.25, 0.3) is 0 Å². The number of carbonyl (C=O) groups is 1. The van der Waals surface area contributed by atoms with E-state index >= 15 is 0 Å². The minimum atomic E-state index is -3.43. The number of piperidine rings is 1. The molecule has 1 aromatic carbocycles. The third kappa shape index (κ3) is 2.14. The van der Waals surface area contributed by atoms with E-state index in [0.29, 0.717) is 24.4 Å². The van der Waals surface area contributed by atoms with Gasteiger partial charge >= 0.3 is 0 Å². The summed E-state index contributed by atoms with van der Waals surface area (Å²) in [6.07, 6.45) is 1.24. The summed E-state index contributed by atoms with van der Waals surface area (Å²) in [7, 11) is -3.43. The minimum Gasteiger partial charge on any atom is -0.301 e. The Labute approximate surface area is 126 Å². The number of carbonyl (C=O) groups excluding carboxylic acids is 1. The Morgan fingerprint density at radius 3 is 2.38 bits per heavy atom. The number of likely N-dealkylation sites (tertiary alicyclic amines) is 1. The molecule has 0 N–H and O–H groups in total. The standard InChI is InChI=1S/C16H21NO3S/c1-12(2)17-9-7-16(8-10-17)11-14(18)13-5-3-4-6-15(13)21(16,19)20/h3-6,12H,7-11H2,1-2H3. The SMILES string of the molecule is CC(C)N1CCC2(CC1)CC(=O)c1ccccc1S2(=O)=O. The first-order chi connectivity index (χ1) is 9.87. The number of hydrogen-bond donors (Lipinski definition) is 0. The van der Waals surface area contributed by atoms with Crippen molar-refractivity contribution >= 4 is 15.6 Å². The predicted octanol–water partition coefficient (Wildman–Crippen LogP) is 2.29. The van der Waals surface area contributed by atoms with E-state index < -0.39 is 14.6 Å². The predicted molar refractivity (Wildman–Crippen MR) is 81.2 cm³/mol. The van der Waals surface area contributed by atoms with Crippen LogP contribution in [-0.2, 0) is 9.84 Å². The van der Waals surface area contributed by atoms with Gasteiger partial charge in [0.1, 0.15) is 0 Å². The molecule has 0 bridgehead atoms. The fourth-order valence-electron chi connectivity index (χ4n) is 3.54. The summed E-state index contributed by atoms with van der Waals surface area (Å²) in [5, 5.41) is 0. The molecule has 0 unspecified atom stereocenters. The number of Topliss-reactive ketones (excluding diaryl/α,β-unsaturated/α-hetero) is 1. The Morgan fingerprint density at radius 2 is 1.76 bits per heavy atom. The lowest BCUT2D eigenvalue weighted by Crippen LogP contribution is -2.53. The first-order valence-corrected chi connectivity index (χ1v) is 8.97. The molecule has 0 aliphatic carbocycles. The van der Waals surface area contributed by atoms with Gasteiger partial charge in [-0.3, -0.25) is 4.79 Å². The van der Waals surface area contributed by atoms with Crippen LogP contribution in [0, 0.1) is 0 Å². The van der Waals surface area contributed by atoms with Gasteiger partial charge in [-0.1, -0.05) is 18.2 Å². The number of nitrogens with zero attached hydrogens (tertiary/aromatic N) is 1. The van der Waals surface area contributed by atoms with Crippen LogP contribution in [0.2, 0.25) is 0 Å². The number of ketones is 1. The van der Waals surface area contributed by atoms with Gasteiger partial charge in [0.2, 0.25) is 0 Å². The second kappa shape index (κ2) is 4.92. The molecular formula is C16H21NO3S. The van der Waals surface area contributed by atoms with Crippen LogP contribution < -0.4 is 0 Å². The van der Waals surface area contributed by atoms with Crippen LogP contribution in [0.4, 0.5) is 0 Å². The molecule has 3 rings (SSSR count). The van der Waals surface area contributed by atoms with Crippen LogP contribution in [0.25, 0.3) is 0 Å². The van der Waals surface area contributed by atoms with Crippen molar-refractivity contribution in [3.8, 4) is 0 Å². The summed E-state index contributed by atoms with van der Waals surface area (Å²) < 4.78 is 25.2. The van der Waals surface area contributed by atoms with Crippen LogP contribution in [0.5, 0.6) is 0 Å². The van der Waals surface area contributed by atoms with Gasteiger partial charge in [0.15, 0.2) is 15.6 Å². The lowest BCUT2D eigenvalue weighted by molar-refractivity contribution is 0.0917. The van der Waals surface area contributed by atoms with Gasteiger partial charge < -0.3 is 4.90 Å². The molecule has 1 spiro atoms. The van der Waals surface area contributed by atoms with Crippen molar-refractivity contribution in [2.24, 2.45) is 0 Å². The number of sulfone groups is 1. The molecular weight excluding hydrogens is 286 g/mol. The van der Waals surface area contributed by atoms with E-state index in [2.05, 4.69) is 18.7 Å². The van der Waals surface area contributed by atoms with Gasteiger partial charge in [0, 0.05) is 18.0 Å². The maximum absolute atomic E-state index is 13.0. The lowest BCUT2D eigenvalue weighted by atomic mass is 9.87. The molecule has 114 valence electrons. The van der Waals surface area contributed by atoms with Crippen molar-refractivity contribution < 1.29 is 13.2 Å². The summed E-state index contributed by atoms with van der Waals surface area (Å²) in [5.41, 5.74) is 0.370. The van der Waals surface area contributed by atoms with Gasteiger partial charge in [-0.05, 0) is 45.8 Å². The molecule has 0 amide bonds. The highest BCUT2D eigenvalue weighted by molar-refractivity contribution is 7.93. The van der Waals surface area contributed by atoms with E-state index in [-0.39, 0.29) is 17.1 Å². The highest BCUT2D eigenvalue weighted by Gasteiger charge is 2.52. The highest BCUT2D eigenvalue weighted by Crippen LogP contribution is 2.44. The summed E-state index contributed by atoms with van der Waals surface area (Å²) in [4.78, 5) is 14.9. The minimum absolute atomic E-state index is 0.0292. The number of rotatable bonds is 1. The molecule has 0 atom stereocenters. The molecule has 0 radical (unpaired) electrons. The van der Waals surface area contributed by atoms with Gasteiger partial charge in [0.05, 0.1) is 9.64 Å². The smallest absolute Gasteiger partial charge is 0.185 e. The molecule has 1 aromatic rings. The Kier molecular flexibility index (Phi) is 3.45. The topological polar surface area (TPSA) is 54.5 Å². The van der Waals surface area contributed by atoms with Gasteiger partial charge in [-0.15, -0.1) is 0 Å². The molecule has 0 aromatic heterocycles. The Morgan fingerprint density at radius 1 is 1.14 bits per heavy atom. The highest BCUT2D eigenvalue weighted by atomic mass is 32.2. The first-order valence-electron chi connectivity index (χ1n) is 7.48. The monoisotopic (exact) mass is 307 g/mol. The Bertz CT molecular complexity index is 671. The molecule has 2 heterocycles. The normalized spacial score (nSPS) is 24.2. The molecule has 21 heavy (non-hydrogen) atoms. The molecule has 5 heteroatoms. The van der Waals surface area contributed by atoms with E-state index in [1.807, 2.05) is 0 Å². The summed E-state index contributed by atoms with van der Waals surface area (Å²) in [6.45, 7) is 5.72. The van der Waals surface area contributed by atoms with Crippen LogP contribution in [0.1, 0.15) is 43.5 Å². The van der Waals surface area contributed by atoms with Crippen molar-refractivity contribution in [2.75, 3.05) is 13.1 Å². The summed E-state index contributed by atoms with van der Waals surface area (Å²) in [5.74, 6) is -0.0292. The van der Waals surface area contributed by atoms with Crippen molar-refractivity contribution in [3.63, 3.8) is 0 Å². The third-order valence-corrected chi connectivity index (χ3v) is 7.60. The third-order valence-electron chi connectivity index (χ3n) is 4.97. The molecule has 2 aliphatic heterocycles. The number of hydrogen-bond acceptors (Lipinski definition) is 4. The lowest BCUT2D eigenvalue weighted by Gasteiger charge is -2.44. The largest absolute Gasteiger partial charge is 0.301 e. The molecule has 4 nitrogen and oxygen atoms in total. The second-order valence-corrected chi connectivity index (χ2v) is 8.73. The van der Waals surface area contributed by atoms with E-state index in [1.165, 1.54) is 0 Å². The van der Waals surface area contributed by atoms with E-state index in [4.69, 9.17) is 0 Å². The fraction of sp³-hybridized carbons (Fsp3) is 0.562.